The van der Waals surface area contributed by atoms with Gasteiger partial charge in [0.25, 0.3) is 5.91 Å². The number of alkyl halides is 6. The topological polar surface area (TPSA) is 44.9 Å². The van der Waals surface area contributed by atoms with E-state index in [4.69, 9.17) is 0 Å². The third-order valence-corrected chi connectivity index (χ3v) is 4.60. The summed E-state index contributed by atoms with van der Waals surface area (Å²) in [6.07, 6.45) is -9.97. The first kappa shape index (κ1) is 18.8. The molecule has 2 N–H and O–H groups in total. The summed E-state index contributed by atoms with van der Waals surface area (Å²) in [6.45, 7) is 0. The molecule has 24 heavy (non-hydrogen) atoms. The van der Waals surface area contributed by atoms with Gasteiger partial charge in [-0.15, -0.1) is 0 Å². The summed E-state index contributed by atoms with van der Waals surface area (Å²) in [4.78, 5) is 14.5. The Hall–Kier alpha value is -1.49. The maximum Gasteiger partial charge on any atom is 0.416 e. The Morgan fingerprint density at radius 2 is 1.42 bits per heavy atom. The van der Waals surface area contributed by atoms with Crippen molar-refractivity contribution in [2.45, 2.75) is 12.4 Å². The third-order valence-electron chi connectivity index (χ3n) is 2.82. The molecule has 2 aromatic rings. The van der Waals surface area contributed by atoms with Crippen LogP contribution in [0.5, 0.6) is 0 Å². The fraction of sp³-hybridized carbons (Fsp3) is 0.154. The van der Waals surface area contributed by atoms with E-state index >= 15 is 0 Å². The Morgan fingerprint density at radius 1 is 0.917 bits per heavy atom. The first-order chi connectivity index (χ1) is 10.9. The van der Waals surface area contributed by atoms with Crippen molar-refractivity contribution in [3.8, 4) is 0 Å². The Bertz CT molecular complexity index is 730. The summed E-state index contributed by atoms with van der Waals surface area (Å²) < 4.78 is 77.4. The molecule has 0 aliphatic rings. The van der Waals surface area contributed by atoms with E-state index in [9.17, 15) is 31.1 Å². The first-order valence-corrected chi connectivity index (χ1v) is 7.61. The smallest absolute Gasteiger partial charge is 0.344 e. The van der Waals surface area contributed by atoms with Gasteiger partial charge in [-0.2, -0.15) is 26.3 Å². The monoisotopic (exact) mass is 478 g/mol. The summed E-state index contributed by atoms with van der Waals surface area (Å²) in [5.74, 6) is -0.895. The third kappa shape index (κ3) is 4.32. The number of carbonyl (C=O) groups is 1. The molecule has 0 saturated carbocycles. The highest BCUT2D eigenvalue weighted by Gasteiger charge is 2.37. The van der Waals surface area contributed by atoms with Gasteiger partial charge in [0.2, 0.25) is 0 Å². The molecule has 0 fully saturated rings. The number of rotatable bonds is 2. The molecule has 1 aromatic carbocycles. The lowest BCUT2D eigenvalue weighted by molar-refractivity contribution is -0.143. The molecule has 130 valence electrons. The molecule has 0 aliphatic heterocycles. The number of nitrogens with one attached hydrogen (secondary N) is 2. The maximum atomic E-state index is 12.8. The fourth-order valence-electron chi connectivity index (χ4n) is 1.75. The van der Waals surface area contributed by atoms with Crippen LogP contribution in [-0.2, 0) is 12.4 Å². The van der Waals surface area contributed by atoms with Crippen LogP contribution in [0.4, 0.5) is 32.0 Å². The highest BCUT2D eigenvalue weighted by molar-refractivity contribution is 9.13. The van der Waals surface area contributed by atoms with Gasteiger partial charge in [0.15, 0.2) is 0 Å². The number of H-pyrrole nitrogens is 1. The molecule has 1 amide bonds. The zero-order valence-corrected chi connectivity index (χ0v) is 14.4. The molecule has 0 bridgehead atoms. The van der Waals surface area contributed by atoms with Crippen molar-refractivity contribution >= 4 is 43.5 Å². The van der Waals surface area contributed by atoms with E-state index in [2.05, 4.69) is 36.8 Å². The second-order valence-corrected chi connectivity index (χ2v) is 6.24. The summed E-state index contributed by atoms with van der Waals surface area (Å²) in [5, 5.41) is 2.01. The van der Waals surface area contributed by atoms with Crippen LogP contribution in [0.15, 0.2) is 33.3 Å². The lowest BCUT2D eigenvalue weighted by Crippen LogP contribution is -2.16. The van der Waals surface area contributed by atoms with Gasteiger partial charge in [0, 0.05) is 5.69 Å². The molecule has 0 spiro atoms. The molecule has 2 rings (SSSR count). The SMILES string of the molecule is O=C(Nc1cc(C(F)(F)F)cc(C(F)(F)F)c1)c1cc(Br)c(Br)[nH]1. The number of amides is 1. The van der Waals surface area contributed by atoms with Crippen molar-refractivity contribution in [1.29, 1.82) is 0 Å². The van der Waals surface area contributed by atoms with E-state index in [1.165, 1.54) is 6.07 Å². The normalized spacial score (nSPS) is 12.3. The Morgan fingerprint density at radius 3 is 1.79 bits per heavy atom. The summed E-state index contributed by atoms with van der Waals surface area (Å²) >= 11 is 6.15. The van der Waals surface area contributed by atoms with Gasteiger partial charge in [0.1, 0.15) is 5.69 Å². The van der Waals surface area contributed by atoms with E-state index in [0.717, 1.165) is 0 Å². The maximum absolute atomic E-state index is 12.8. The molecule has 1 aromatic heterocycles. The second-order valence-electron chi connectivity index (χ2n) is 4.59. The lowest BCUT2D eigenvalue weighted by atomic mass is 10.1. The van der Waals surface area contributed by atoms with Gasteiger partial charge < -0.3 is 10.3 Å². The van der Waals surface area contributed by atoms with Crippen molar-refractivity contribution in [1.82, 2.24) is 4.98 Å². The number of hydrogen-bond acceptors (Lipinski definition) is 1. The average molecular weight is 480 g/mol. The second kappa shape index (κ2) is 6.43. The zero-order valence-electron chi connectivity index (χ0n) is 11.2. The fourth-order valence-corrected chi connectivity index (χ4v) is 2.41. The number of anilines is 1. The molecular formula is C13H6Br2F6N2O. The molecule has 3 nitrogen and oxygen atoms in total. The molecule has 0 unspecified atom stereocenters. The van der Waals surface area contributed by atoms with E-state index in [-0.39, 0.29) is 11.8 Å². The van der Waals surface area contributed by atoms with E-state index in [1.807, 2.05) is 5.32 Å². The van der Waals surface area contributed by atoms with Gasteiger partial charge in [-0.25, -0.2) is 0 Å². The highest BCUT2D eigenvalue weighted by Crippen LogP contribution is 2.37. The number of carbonyl (C=O) groups excluding carboxylic acids is 1. The van der Waals surface area contributed by atoms with Crippen LogP contribution in [0, 0.1) is 0 Å². The minimum absolute atomic E-state index is 0.0164. The lowest BCUT2D eigenvalue weighted by Gasteiger charge is -2.14. The molecule has 1 heterocycles. The van der Waals surface area contributed by atoms with Crippen LogP contribution in [-0.4, -0.2) is 10.9 Å². The standard InChI is InChI=1S/C13H6Br2F6N2O/c14-8-4-9(23-10(8)15)11(24)22-7-2-5(12(16,17)18)1-6(3-7)13(19,20)21/h1-4,23H,(H,22,24). The van der Waals surface area contributed by atoms with E-state index in [1.54, 1.807) is 0 Å². The molecular weight excluding hydrogens is 474 g/mol. The Kier molecular flexibility index (Phi) is 5.05. The molecule has 0 radical (unpaired) electrons. The van der Waals surface area contributed by atoms with Crippen molar-refractivity contribution < 1.29 is 31.1 Å². The van der Waals surface area contributed by atoms with Crippen LogP contribution >= 0.6 is 31.9 Å². The minimum Gasteiger partial charge on any atom is -0.344 e. The summed E-state index contributed by atoms with van der Waals surface area (Å²) in [5.41, 5.74) is -3.70. The molecule has 0 atom stereocenters. The van der Waals surface area contributed by atoms with E-state index in [0.29, 0.717) is 21.2 Å². The van der Waals surface area contributed by atoms with Crippen LogP contribution in [0.1, 0.15) is 21.6 Å². The predicted molar refractivity (Wildman–Crippen MR) is 80.6 cm³/mol. The van der Waals surface area contributed by atoms with Crippen LogP contribution in [0.3, 0.4) is 0 Å². The number of aromatic nitrogens is 1. The Balaban J connectivity index is 2.40. The average Bonchev–Trinajstić information content (AvgIpc) is 2.76. The van der Waals surface area contributed by atoms with Crippen LogP contribution in [0.2, 0.25) is 0 Å². The largest absolute Gasteiger partial charge is 0.416 e. The molecule has 0 aliphatic carbocycles. The van der Waals surface area contributed by atoms with Gasteiger partial charge in [-0.3, -0.25) is 4.79 Å². The molecule has 0 saturated heterocycles. The minimum atomic E-state index is -4.99. The molecule has 11 heteroatoms. The van der Waals surface area contributed by atoms with Crippen LogP contribution in [0.25, 0.3) is 0 Å². The van der Waals surface area contributed by atoms with Gasteiger partial charge in [-0.05, 0) is 56.1 Å². The van der Waals surface area contributed by atoms with Crippen molar-refractivity contribution in [3.05, 3.63) is 50.2 Å². The summed E-state index contributed by atoms with van der Waals surface area (Å²) in [7, 11) is 0. The number of aromatic amines is 1. The van der Waals surface area contributed by atoms with Crippen molar-refractivity contribution in [2.75, 3.05) is 5.32 Å². The first-order valence-electron chi connectivity index (χ1n) is 6.03. The Labute approximate surface area is 147 Å². The van der Waals surface area contributed by atoms with Crippen molar-refractivity contribution in [3.63, 3.8) is 0 Å². The van der Waals surface area contributed by atoms with E-state index < -0.39 is 35.1 Å². The van der Waals surface area contributed by atoms with Crippen molar-refractivity contribution in [2.24, 2.45) is 0 Å². The van der Waals surface area contributed by atoms with Crippen LogP contribution < -0.4 is 5.32 Å². The van der Waals surface area contributed by atoms with Gasteiger partial charge >= 0.3 is 12.4 Å². The van der Waals surface area contributed by atoms with Gasteiger partial charge in [-0.1, -0.05) is 0 Å². The summed E-state index contributed by atoms with van der Waals surface area (Å²) in [6, 6.07) is 2.16. The number of hydrogen-bond donors (Lipinski definition) is 2. The number of halogens is 8. The number of benzene rings is 1. The predicted octanol–water partition coefficient (Wildman–Crippen LogP) is 5.83. The van der Waals surface area contributed by atoms with Gasteiger partial charge in [0.05, 0.1) is 20.2 Å². The zero-order chi connectivity index (χ0) is 18.3. The highest BCUT2D eigenvalue weighted by atomic mass is 79.9. The quantitative estimate of drug-likeness (QED) is 0.523.